The number of carbonyl (C=O) groups is 1. The van der Waals surface area contributed by atoms with E-state index in [0.29, 0.717) is 35.3 Å². The van der Waals surface area contributed by atoms with E-state index in [1.165, 1.54) is 11.1 Å². The van der Waals surface area contributed by atoms with Crippen LogP contribution in [0.25, 0.3) is 0 Å². The second kappa shape index (κ2) is 9.44. The van der Waals surface area contributed by atoms with Crippen LogP contribution in [-0.2, 0) is 6.42 Å². The first-order valence-corrected chi connectivity index (χ1v) is 11.4. The zero-order valence-corrected chi connectivity index (χ0v) is 20.4. The average molecular weight is 471 g/mol. The Morgan fingerprint density at radius 1 is 1.39 bits per heavy atom. The third kappa shape index (κ3) is 5.48. The van der Waals surface area contributed by atoms with Crippen LogP contribution in [0.2, 0.25) is 5.02 Å². The number of amides is 1. The van der Waals surface area contributed by atoms with Gasteiger partial charge in [0, 0.05) is 34.6 Å². The van der Waals surface area contributed by atoms with Crippen molar-refractivity contribution in [2.24, 2.45) is 5.41 Å². The summed E-state index contributed by atoms with van der Waals surface area (Å²) in [6.45, 7) is 10.4. The molecule has 1 aromatic carbocycles. The van der Waals surface area contributed by atoms with Crippen molar-refractivity contribution in [2.75, 3.05) is 17.2 Å². The molecule has 1 saturated carbocycles. The van der Waals surface area contributed by atoms with E-state index in [1.807, 2.05) is 58.9 Å². The number of rotatable bonds is 7. The second-order valence-electron chi connectivity index (χ2n) is 9.97. The van der Waals surface area contributed by atoms with Gasteiger partial charge in [0.1, 0.15) is 17.5 Å². The van der Waals surface area contributed by atoms with E-state index in [1.54, 1.807) is 0 Å². The summed E-state index contributed by atoms with van der Waals surface area (Å²) >= 11 is 6.04. The summed E-state index contributed by atoms with van der Waals surface area (Å²) in [5, 5.41) is 26.6. The van der Waals surface area contributed by atoms with Crippen molar-refractivity contribution in [1.29, 1.82) is 5.26 Å². The molecule has 8 nitrogen and oxygen atoms in total. The lowest BCUT2D eigenvalue weighted by molar-refractivity contribution is -0.0434. The van der Waals surface area contributed by atoms with E-state index in [9.17, 15) is 15.2 Å². The normalized spacial score (nSPS) is 19.2. The van der Waals surface area contributed by atoms with Crippen molar-refractivity contribution in [3.8, 4) is 6.07 Å². The molecule has 1 heterocycles. The lowest BCUT2D eigenvalue weighted by Gasteiger charge is -2.58. The first kappa shape index (κ1) is 24.6. The van der Waals surface area contributed by atoms with Gasteiger partial charge in [-0.15, -0.1) is 0 Å². The second-order valence-corrected chi connectivity index (χ2v) is 10.4. The molecular formula is C24H31ClN6O2. The summed E-state index contributed by atoms with van der Waals surface area (Å²) in [4.78, 5) is 22.2. The number of nitrogens with zero attached hydrogens (tertiary/aromatic N) is 4. The average Bonchev–Trinajstić information content (AvgIpc) is 2.72. The number of nitrogens with one attached hydrogen (secondary N) is 2. The molecule has 176 valence electrons. The quantitative estimate of drug-likeness (QED) is 0.520. The van der Waals surface area contributed by atoms with Gasteiger partial charge in [-0.25, -0.2) is 9.78 Å². The van der Waals surface area contributed by atoms with Crippen LogP contribution >= 0.6 is 11.6 Å². The molecule has 0 unspecified atom stereocenters. The molecule has 1 aliphatic rings. The molecule has 1 amide bonds. The summed E-state index contributed by atoms with van der Waals surface area (Å²) in [6.07, 6.45) is 1.95. The molecule has 1 aliphatic carbocycles. The summed E-state index contributed by atoms with van der Waals surface area (Å²) in [6, 6.07) is 9.63. The van der Waals surface area contributed by atoms with Gasteiger partial charge in [-0.3, -0.25) is 4.90 Å². The van der Waals surface area contributed by atoms with Gasteiger partial charge in [0.2, 0.25) is 5.95 Å². The molecule has 0 spiro atoms. The van der Waals surface area contributed by atoms with Crippen molar-refractivity contribution < 1.29 is 9.90 Å². The van der Waals surface area contributed by atoms with Crippen LogP contribution in [0.4, 0.5) is 16.6 Å². The fourth-order valence-electron chi connectivity index (χ4n) is 4.31. The van der Waals surface area contributed by atoms with E-state index < -0.39 is 11.6 Å². The summed E-state index contributed by atoms with van der Waals surface area (Å²) in [7, 11) is 0. The Labute approximate surface area is 200 Å². The van der Waals surface area contributed by atoms with Gasteiger partial charge in [-0.05, 0) is 51.3 Å². The van der Waals surface area contributed by atoms with Crippen molar-refractivity contribution in [3.05, 3.63) is 46.6 Å². The minimum absolute atomic E-state index is 0.0342. The highest BCUT2D eigenvalue weighted by Gasteiger charge is 2.54. The predicted molar refractivity (Wildman–Crippen MR) is 130 cm³/mol. The van der Waals surface area contributed by atoms with Gasteiger partial charge in [0.15, 0.2) is 0 Å². The first-order chi connectivity index (χ1) is 15.4. The van der Waals surface area contributed by atoms with Crippen molar-refractivity contribution >= 4 is 29.5 Å². The van der Waals surface area contributed by atoms with Crippen LogP contribution in [0, 0.1) is 16.7 Å². The Morgan fingerprint density at radius 2 is 2.12 bits per heavy atom. The SMILES string of the molecule is CC1(C)[C@@H](N(C(=O)O)C(C)(C)C)C[C@H]1Nc1nc(NCCc2cccc(Cl)c2)ncc1C#N. The Hall–Kier alpha value is -3.05. The fraction of sp³-hybridized carbons (Fsp3) is 0.500. The largest absolute Gasteiger partial charge is 0.465 e. The highest BCUT2D eigenvalue weighted by molar-refractivity contribution is 6.30. The van der Waals surface area contributed by atoms with Gasteiger partial charge >= 0.3 is 6.09 Å². The molecule has 0 saturated heterocycles. The van der Waals surface area contributed by atoms with E-state index in [-0.39, 0.29) is 17.5 Å². The van der Waals surface area contributed by atoms with Crippen LogP contribution in [0.3, 0.4) is 0 Å². The maximum Gasteiger partial charge on any atom is 0.408 e. The summed E-state index contributed by atoms with van der Waals surface area (Å²) in [5.74, 6) is 0.876. The van der Waals surface area contributed by atoms with Gasteiger partial charge in [0.05, 0.1) is 6.20 Å². The minimum atomic E-state index is -0.926. The summed E-state index contributed by atoms with van der Waals surface area (Å²) < 4.78 is 0. The third-order valence-corrected chi connectivity index (χ3v) is 6.50. The van der Waals surface area contributed by atoms with Gasteiger partial charge in [-0.2, -0.15) is 10.2 Å². The van der Waals surface area contributed by atoms with E-state index in [4.69, 9.17) is 11.6 Å². The Morgan fingerprint density at radius 3 is 2.70 bits per heavy atom. The van der Waals surface area contributed by atoms with Crippen LogP contribution in [0.5, 0.6) is 0 Å². The van der Waals surface area contributed by atoms with E-state index >= 15 is 0 Å². The Kier molecular flexibility index (Phi) is 7.03. The molecule has 0 aliphatic heterocycles. The third-order valence-electron chi connectivity index (χ3n) is 6.26. The highest BCUT2D eigenvalue weighted by Crippen LogP contribution is 2.47. The Balaban J connectivity index is 1.69. The number of nitriles is 1. The molecule has 3 rings (SSSR count). The molecule has 33 heavy (non-hydrogen) atoms. The van der Waals surface area contributed by atoms with E-state index in [0.717, 1.165) is 12.0 Å². The fourth-order valence-corrected chi connectivity index (χ4v) is 4.52. The van der Waals surface area contributed by atoms with Crippen molar-refractivity contribution in [3.63, 3.8) is 0 Å². The number of hydrogen-bond donors (Lipinski definition) is 3. The molecule has 1 aromatic heterocycles. The molecule has 3 N–H and O–H groups in total. The zero-order valence-electron chi connectivity index (χ0n) is 19.7. The molecule has 9 heteroatoms. The predicted octanol–water partition coefficient (Wildman–Crippen LogP) is 5.01. The highest BCUT2D eigenvalue weighted by atomic mass is 35.5. The molecular weight excluding hydrogens is 440 g/mol. The maximum absolute atomic E-state index is 11.9. The molecule has 2 aromatic rings. The maximum atomic E-state index is 11.9. The Bertz CT molecular complexity index is 1060. The van der Waals surface area contributed by atoms with Crippen molar-refractivity contribution in [1.82, 2.24) is 14.9 Å². The lowest BCUT2D eigenvalue weighted by atomic mass is 9.61. The summed E-state index contributed by atoms with van der Waals surface area (Å²) in [5.41, 5.74) is 0.598. The zero-order chi connectivity index (χ0) is 24.4. The lowest BCUT2D eigenvalue weighted by Crippen LogP contribution is -2.68. The first-order valence-electron chi connectivity index (χ1n) is 11.0. The van der Waals surface area contributed by atoms with Crippen LogP contribution in [0.1, 0.15) is 52.2 Å². The smallest absolute Gasteiger partial charge is 0.408 e. The monoisotopic (exact) mass is 470 g/mol. The molecule has 0 radical (unpaired) electrons. The van der Waals surface area contributed by atoms with Gasteiger partial charge < -0.3 is 15.7 Å². The number of carboxylic acid groups (broad SMARTS) is 1. The standard InChI is InChI=1S/C24H31ClN6O2/c1-23(2,3)31(22(32)33)19-12-18(24(19,4)5)29-20-16(13-26)14-28-21(30-20)27-10-9-15-7-6-8-17(25)11-15/h6-8,11,14,18-19H,9-10,12H2,1-5H3,(H,32,33)(H2,27,28,29,30)/t18-,19+/m1/s1. The molecule has 0 bridgehead atoms. The number of hydrogen-bond acceptors (Lipinski definition) is 6. The van der Waals surface area contributed by atoms with Crippen LogP contribution in [-0.4, -0.2) is 50.2 Å². The number of benzene rings is 1. The molecule has 1 fully saturated rings. The molecule has 2 atom stereocenters. The minimum Gasteiger partial charge on any atom is -0.465 e. The van der Waals surface area contributed by atoms with Gasteiger partial charge in [-0.1, -0.05) is 37.6 Å². The number of aromatic nitrogens is 2. The van der Waals surface area contributed by atoms with Gasteiger partial charge in [0.25, 0.3) is 0 Å². The van der Waals surface area contributed by atoms with Crippen LogP contribution < -0.4 is 10.6 Å². The van der Waals surface area contributed by atoms with Crippen molar-refractivity contribution in [2.45, 2.75) is 65.1 Å². The number of anilines is 2. The van der Waals surface area contributed by atoms with Crippen LogP contribution in [0.15, 0.2) is 30.5 Å². The number of halogens is 1. The topological polar surface area (TPSA) is 114 Å². The van der Waals surface area contributed by atoms with E-state index in [2.05, 4.69) is 26.7 Å².